The molecular formula is C17H18N4OS. The van der Waals surface area contributed by atoms with Gasteiger partial charge in [0.2, 0.25) is 5.16 Å². The van der Waals surface area contributed by atoms with Crippen LogP contribution in [0.4, 0.5) is 0 Å². The van der Waals surface area contributed by atoms with Crippen LogP contribution in [0.1, 0.15) is 22.8 Å². The van der Waals surface area contributed by atoms with Gasteiger partial charge in [0.15, 0.2) is 0 Å². The molecule has 0 aliphatic rings. The van der Waals surface area contributed by atoms with E-state index in [0.29, 0.717) is 10.9 Å². The molecule has 6 heteroatoms. The van der Waals surface area contributed by atoms with Crippen LogP contribution in [0.3, 0.4) is 0 Å². The maximum Gasteiger partial charge on any atom is 0.214 e. The van der Waals surface area contributed by atoms with E-state index in [1.165, 1.54) is 17.3 Å². The summed E-state index contributed by atoms with van der Waals surface area (Å²) in [4.78, 5) is 0. The van der Waals surface area contributed by atoms with E-state index in [9.17, 15) is 5.11 Å². The Hall–Kier alpha value is -2.18. The van der Waals surface area contributed by atoms with Gasteiger partial charge in [-0.25, -0.2) is 0 Å². The Morgan fingerprint density at radius 2 is 1.91 bits per heavy atom. The number of hydrogen-bond donors (Lipinski definition) is 1. The molecule has 0 amide bonds. The predicted molar refractivity (Wildman–Crippen MR) is 90.8 cm³/mol. The summed E-state index contributed by atoms with van der Waals surface area (Å²) in [6, 6.07) is 15.8. The summed E-state index contributed by atoms with van der Waals surface area (Å²) in [5.41, 5.74) is 4.17. The zero-order valence-electron chi connectivity index (χ0n) is 13.0. The zero-order chi connectivity index (χ0) is 16.2. The molecule has 0 aliphatic carbocycles. The summed E-state index contributed by atoms with van der Waals surface area (Å²) < 4.78 is 1.72. The maximum atomic E-state index is 10.3. The van der Waals surface area contributed by atoms with Crippen molar-refractivity contribution in [3.05, 3.63) is 65.2 Å². The third kappa shape index (κ3) is 3.60. The number of nitrogens with zero attached hydrogens (tertiary/aromatic N) is 4. The van der Waals surface area contributed by atoms with Crippen LogP contribution in [0.2, 0.25) is 0 Å². The van der Waals surface area contributed by atoms with Gasteiger partial charge in [-0.15, -0.1) is 5.10 Å². The molecule has 0 unspecified atom stereocenters. The Kier molecular flexibility index (Phi) is 4.73. The van der Waals surface area contributed by atoms with Crippen molar-refractivity contribution in [1.29, 1.82) is 0 Å². The molecular weight excluding hydrogens is 308 g/mol. The van der Waals surface area contributed by atoms with E-state index in [1.807, 2.05) is 49.4 Å². The number of aromatic nitrogens is 4. The first kappa shape index (κ1) is 15.7. The van der Waals surface area contributed by atoms with Gasteiger partial charge in [-0.2, -0.15) is 4.68 Å². The fraction of sp³-hybridized carbons (Fsp3) is 0.235. The molecule has 0 fully saturated rings. The van der Waals surface area contributed by atoms with Crippen LogP contribution in [0, 0.1) is 13.8 Å². The highest BCUT2D eigenvalue weighted by Crippen LogP contribution is 2.25. The fourth-order valence-electron chi connectivity index (χ4n) is 2.39. The minimum absolute atomic E-state index is 0.495. The second kappa shape index (κ2) is 6.93. The van der Waals surface area contributed by atoms with E-state index in [4.69, 9.17) is 0 Å². The van der Waals surface area contributed by atoms with Gasteiger partial charge in [-0.05, 0) is 41.5 Å². The summed E-state index contributed by atoms with van der Waals surface area (Å²) in [7, 11) is 0. The second-order valence-corrected chi connectivity index (χ2v) is 6.39. The van der Waals surface area contributed by atoms with E-state index >= 15 is 0 Å². The molecule has 3 aromatic rings. The molecule has 23 heavy (non-hydrogen) atoms. The Morgan fingerprint density at radius 3 is 2.65 bits per heavy atom. The average Bonchev–Trinajstić information content (AvgIpc) is 3.01. The van der Waals surface area contributed by atoms with Crippen LogP contribution in [0.25, 0.3) is 5.69 Å². The van der Waals surface area contributed by atoms with Crippen molar-refractivity contribution in [2.24, 2.45) is 0 Å². The van der Waals surface area contributed by atoms with Crippen LogP contribution in [-0.4, -0.2) is 31.1 Å². The zero-order valence-corrected chi connectivity index (χ0v) is 13.9. The monoisotopic (exact) mass is 326 g/mol. The van der Waals surface area contributed by atoms with E-state index in [0.717, 1.165) is 16.8 Å². The summed E-state index contributed by atoms with van der Waals surface area (Å²) >= 11 is 1.44. The van der Waals surface area contributed by atoms with Crippen molar-refractivity contribution in [2.45, 2.75) is 25.1 Å². The average molecular weight is 326 g/mol. The molecule has 1 aromatic heterocycles. The number of benzene rings is 2. The molecule has 3 rings (SSSR count). The van der Waals surface area contributed by atoms with Gasteiger partial charge in [0.05, 0.1) is 11.8 Å². The molecule has 0 aliphatic heterocycles. The first-order valence-electron chi connectivity index (χ1n) is 7.37. The Balaban J connectivity index is 1.76. The molecule has 5 nitrogen and oxygen atoms in total. The van der Waals surface area contributed by atoms with E-state index in [-0.39, 0.29) is 0 Å². The molecule has 2 aromatic carbocycles. The number of aliphatic hydroxyl groups is 1. The highest BCUT2D eigenvalue weighted by Gasteiger charge is 2.14. The topological polar surface area (TPSA) is 63.8 Å². The fourth-order valence-corrected chi connectivity index (χ4v) is 3.24. The van der Waals surface area contributed by atoms with Gasteiger partial charge >= 0.3 is 0 Å². The van der Waals surface area contributed by atoms with E-state index in [2.05, 4.69) is 28.5 Å². The standard InChI is InChI=1S/C17H18N4OS/c1-12-8-9-15(13(2)10-12)21-17(18-19-20-21)23-11-16(22)14-6-4-3-5-7-14/h3-10,16,22H,11H2,1-2H3/t16-/m1/s1. The number of aryl methyl sites for hydroxylation is 2. The summed E-state index contributed by atoms with van der Waals surface area (Å²) in [6.45, 7) is 4.10. The van der Waals surface area contributed by atoms with Crippen LogP contribution in [0.15, 0.2) is 53.7 Å². The molecule has 118 valence electrons. The van der Waals surface area contributed by atoms with Gasteiger partial charge < -0.3 is 5.11 Å². The number of thioether (sulfide) groups is 1. The van der Waals surface area contributed by atoms with Crippen LogP contribution < -0.4 is 0 Å². The van der Waals surface area contributed by atoms with Crippen molar-refractivity contribution < 1.29 is 5.11 Å². The molecule has 0 bridgehead atoms. The third-order valence-corrected chi connectivity index (χ3v) is 4.57. The van der Waals surface area contributed by atoms with Crippen molar-refractivity contribution in [3.8, 4) is 5.69 Å². The van der Waals surface area contributed by atoms with Crippen LogP contribution in [-0.2, 0) is 0 Å². The highest BCUT2D eigenvalue weighted by atomic mass is 32.2. The lowest BCUT2D eigenvalue weighted by Crippen LogP contribution is -2.04. The van der Waals surface area contributed by atoms with Crippen molar-refractivity contribution in [1.82, 2.24) is 20.2 Å². The third-order valence-electron chi connectivity index (χ3n) is 3.58. The lowest BCUT2D eigenvalue weighted by atomic mass is 10.1. The number of tetrazole rings is 1. The van der Waals surface area contributed by atoms with Crippen LogP contribution >= 0.6 is 11.8 Å². The van der Waals surface area contributed by atoms with E-state index in [1.54, 1.807) is 4.68 Å². The number of hydrogen-bond acceptors (Lipinski definition) is 5. The first-order valence-corrected chi connectivity index (χ1v) is 8.35. The Bertz CT molecular complexity index is 788. The molecule has 0 saturated carbocycles. The van der Waals surface area contributed by atoms with Crippen molar-refractivity contribution >= 4 is 11.8 Å². The number of aliphatic hydroxyl groups excluding tert-OH is 1. The lowest BCUT2D eigenvalue weighted by Gasteiger charge is -2.11. The normalized spacial score (nSPS) is 12.3. The molecule has 1 atom stereocenters. The van der Waals surface area contributed by atoms with Gasteiger partial charge in [-0.1, -0.05) is 59.8 Å². The van der Waals surface area contributed by atoms with Gasteiger partial charge in [-0.3, -0.25) is 0 Å². The largest absolute Gasteiger partial charge is 0.388 e. The molecule has 0 radical (unpaired) electrons. The first-order chi connectivity index (χ1) is 11.1. The van der Waals surface area contributed by atoms with Gasteiger partial charge in [0.25, 0.3) is 0 Å². The Morgan fingerprint density at radius 1 is 1.13 bits per heavy atom. The SMILES string of the molecule is Cc1ccc(-n2nnnc2SC[C@@H](O)c2ccccc2)c(C)c1. The molecule has 0 saturated heterocycles. The second-order valence-electron chi connectivity index (χ2n) is 5.40. The summed E-state index contributed by atoms with van der Waals surface area (Å²) in [5, 5.41) is 22.9. The van der Waals surface area contributed by atoms with Crippen LogP contribution in [0.5, 0.6) is 0 Å². The minimum atomic E-state index is -0.550. The predicted octanol–water partition coefficient (Wildman–Crippen LogP) is 3.10. The highest BCUT2D eigenvalue weighted by molar-refractivity contribution is 7.99. The number of rotatable bonds is 5. The smallest absolute Gasteiger partial charge is 0.214 e. The summed E-state index contributed by atoms with van der Waals surface area (Å²) in [6.07, 6.45) is -0.550. The quantitative estimate of drug-likeness (QED) is 0.730. The van der Waals surface area contributed by atoms with Crippen molar-refractivity contribution in [2.75, 3.05) is 5.75 Å². The summed E-state index contributed by atoms with van der Waals surface area (Å²) in [5.74, 6) is 0.495. The molecule has 1 N–H and O–H groups in total. The van der Waals surface area contributed by atoms with Gasteiger partial charge in [0.1, 0.15) is 0 Å². The molecule has 1 heterocycles. The molecule has 0 spiro atoms. The maximum absolute atomic E-state index is 10.3. The van der Waals surface area contributed by atoms with E-state index < -0.39 is 6.10 Å². The van der Waals surface area contributed by atoms with Gasteiger partial charge in [0, 0.05) is 5.75 Å². The Labute approximate surface area is 139 Å². The minimum Gasteiger partial charge on any atom is -0.388 e. The lowest BCUT2D eigenvalue weighted by molar-refractivity contribution is 0.204. The van der Waals surface area contributed by atoms with Crippen molar-refractivity contribution in [3.63, 3.8) is 0 Å².